The number of fused-ring (bicyclic) bond motifs is 1. The van der Waals surface area contributed by atoms with Crippen molar-refractivity contribution in [3.63, 3.8) is 0 Å². The second-order valence-corrected chi connectivity index (χ2v) is 6.41. The maximum absolute atomic E-state index is 12.9. The van der Waals surface area contributed by atoms with E-state index in [-0.39, 0.29) is 17.0 Å². The Kier molecular flexibility index (Phi) is 4.00. The molecule has 3 unspecified atom stereocenters. The zero-order valence-electron chi connectivity index (χ0n) is 11.9. The first-order valence-electron chi connectivity index (χ1n) is 7.23. The number of nitrogens with zero attached hydrogens (tertiary/aromatic N) is 1. The van der Waals surface area contributed by atoms with Crippen molar-refractivity contribution >= 4 is 29.2 Å². The highest BCUT2D eigenvalue weighted by atomic mass is 35.5. The average molecular weight is 347 g/mol. The summed E-state index contributed by atoms with van der Waals surface area (Å²) >= 11 is 6.14. The fraction of sp³-hybridized carbons (Fsp3) is 0.467. The van der Waals surface area contributed by atoms with Gasteiger partial charge in [-0.2, -0.15) is 13.2 Å². The fourth-order valence-electron chi connectivity index (χ4n) is 3.24. The lowest BCUT2D eigenvalue weighted by molar-refractivity contribution is -0.137. The van der Waals surface area contributed by atoms with E-state index in [9.17, 15) is 22.8 Å². The minimum atomic E-state index is -4.50. The Labute approximate surface area is 135 Å². The number of amides is 3. The van der Waals surface area contributed by atoms with Crippen LogP contribution in [0.5, 0.6) is 0 Å². The van der Waals surface area contributed by atoms with Crippen molar-refractivity contribution in [2.75, 3.05) is 4.90 Å². The number of benzene rings is 1. The number of hydrogen-bond acceptors (Lipinski definition) is 2. The first kappa shape index (κ1) is 16.1. The van der Waals surface area contributed by atoms with E-state index in [1.54, 1.807) is 0 Å². The lowest BCUT2D eigenvalue weighted by atomic mass is 9.81. The third-order valence-corrected chi connectivity index (χ3v) is 4.72. The molecule has 1 heterocycles. The Hall–Kier alpha value is -1.76. The molecule has 0 aromatic heterocycles. The average Bonchev–Trinajstić information content (AvgIpc) is 2.46. The van der Waals surface area contributed by atoms with Crippen LogP contribution in [0.15, 0.2) is 24.3 Å². The van der Waals surface area contributed by atoms with Crippen LogP contribution >= 0.6 is 11.6 Å². The van der Waals surface area contributed by atoms with E-state index in [0.717, 1.165) is 12.1 Å². The molecule has 0 radical (unpaired) electrons. The molecule has 0 spiro atoms. The van der Waals surface area contributed by atoms with Gasteiger partial charge in [0.2, 0.25) is 5.91 Å². The van der Waals surface area contributed by atoms with E-state index >= 15 is 0 Å². The Morgan fingerprint density at radius 1 is 1.22 bits per heavy atom. The highest BCUT2D eigenvalue weighted by molar-refractivity contribution is 6.21. The molecule has 4 nitrogen and oxygen atoms in total. The molecule has 1 saturated heterocycles. The number of carbonyl (C=O) groups excluding carboxylic acids is 2. The van der Waals surface area contributed by atoms with Gasteiger partial charge in [0.15, 0.2) is 0 Å². The summed E-state index contributed by atoms with van der Waals surface area (Å²) < 4.78 is 38.7. The molecule has 8 heteroatoms. The van der Waals surface area contributed by atoms with Crippen molar-refractivity contribution in [1.82, 2.24) is 5.32 Å². The molecule has 0 bridgehead atoms. The number of alkyl halides is 4. The summed E-state index contributed by atoms with van der Waals surface area (Å²) in [7, 11) is 0. The predicted octanol–water partition coefficient (Wildman–Crippen LogP) is 3.54. The van der Waals surface area contributed by atoms with Gasteiger partial charge < -0.3 is 0 Å². The van der Waals surface area contributed by atoms with Gasteiger partial charge in [-0.15, -0.1) is 11.6 Å². The van der Waals surface area contributed by atoms with Crippen LogP contribution in [0.4, 0.5) is 23.7 Å². The Balaban J connectivity index is 1.99. The zero-order chi connectivity index (χ0) is 16.8. The number of urea groups is 1. The SMILES string of the molecule is O=C1NC(=O)N(c2cccc(C(F)(F)F)c2)C2CC(Cl)CCC12. The van der Waals surface area contributed by atoms with E-state index in [4.69, 9.17) is 11.6 Å². The van der Waals surface area contributed by atoms with Crippen molar-refractivity contribution in [1.29, 1.82) is 0 Å². The molecule has 3 atom stereocenters. The molecule has 1 aromatic rings. The Bertz CT molecular complexity index is 650. The number of halogens is 4. The highest BCUT2D eigenvalue weighted by Crippen LogP contribution is 2.38. The van der Waals surface area contributed by atoms with Gasteiger partial charge in [0.25, 0.3) is 0 Å². The molecule has 3 rings (SSSR count). The Morgan fingerprint density at radius 3 is 2.65 bits per heavy atom. The lowest BCUT2D eigenvalue weighted by Crippen LogP contribution is -2.62. The van der Waals surface area contributed by atoms with Crippen LogP contribution in [-0.2, 0) is 11.0 Å². The molecule has 23 heavy (non-hydrogen) atoms. The second kappa shape index (κ2) is 5.70. The molecular formula is C15H14ClF3N2O2. The molecular weight excluding hydrogens is 333 g/mol. The van der Waals surface area contributed by atoms with Crippen molar-refractivity contribution in [3.05, 3.63) is 29.8 Å². The van der Waals surface area contributed by atoms with Crippen molar-refractivity contribution in [3.8, 4) is 0 Å². The van der Waals surface area contributed by atoms with Crippen molar-refractivity contribution in [2.24, 2.45) is 5.92 Å². The summed E-state index contributed by atoms with van der Waals surface area (Å²) in [5.41, 5.74) is -0.722. The number of rotatable bonds is 1. The molecule has 1 saturated carbocycles. The van der Waals surface area contributed by atoms with Crippen LogP contribution in [0.3, 0.4) is 0 Å². The second-order valence-electron chi connectivity index (χ2n) is 5.80. The first-order valence-corrected chi connectivity index (χ1v) is 7.66. The van der Waals surface area contributed by atoms with Gasteiger partial charge in [0.05, 0.1) is 17.5 Å². The van der Waals surface area contributed by atoms with Crippen LogP contribution < -0.4 is 10.2 Å². The number of nitrogens with one attached hydrogen (secondary N) is 1. The number of carbonyl (C=O) groups is 2. The molecule has 2 aliphatic rings. The minimum Gasteiger partial charge on any atom is -0.290 e. The van der Waals surface area contributed by atoms with Gasteiger partial charge in [-0.25, -0.2) is 4.79 Å². The minimum absolute atomic E-state index is 0.116. The van der Waals surface area contributed by atoms with Gasteiger partial charge in [-0.1, -0.05) is 6.07 Å². The maximum Gasteiger partial charge on any atom is 0.416 e. The van der Waals surface area contributed by atoms with Crippen LogP contribution in [-0.4, -0.2) is 23.4 Å². The molecule has 3 amide bonds. The first-order chi connectivity index (χ1) is 10.8. The predicted molar refractivity (Wildman–Crippen MR) is 78.2 cm³/mol. The zero-order valence-corrected chi connectivity index (χ0v) is 12.7. The van der Waals surface area contributed by atoms with E-state index in [0.29, 0.717) is 19.3 Å². The van der Waals surface area contributed by atoms with Gasteiger partial charge >= 0.3 is 12.2 Å². The summed E-state index contributed by atoms with van der Waals surface area (Å²) in [6.45, 7) is 0. The standard InChI is InChI=1S/C15H14ClF3N2O2/c16-9-4-5-11-12(7-9)21(14(23)20-13(11)22)10-3-1-2-8(6-10)15(17,18)19/h1-3,6,9,11-12H,4-5,7H2,(H,20,22,23). The Morgan fingerprint density at radius 2 is 1.96 bits per heavy atom. The topological polar surface area (TPSA) is 49.4 Å². The molecule has 124 valence electrons. The molecule has 1 aliphatic carbocycles. The van der Waals surface area contributed by atoms with Crippen LogP contribution in [0.25, 0.3) is 0 Å². The van der Waals surface area contributed by atoms with E-state index in [1.807, 2.05) is 0 Å². The van der Waals surface area contributed by atoms with Crippen LogP contribution in [0.1, 0.15) is 24.8 Å². The van der Waals surface area contributed by atoms with Crippen LogP contribution in [0.2, 0.25) is 0 Å². The summed E-state index contributed by atoms with van der Waals surface area (Å²) in [4.78, 5) is 25.4. The summed E-state index contributed by atoms with van der Waals surface area (Å²) in [5.74, 6) is -0.830. The summed E-state index contributed by atoms with van der Waals surface area (Å²) in [6, 6.07) is 3.32. The van der Waals surface area contributed by atoms with Crippen molar-refractivity contribution in [2.45, 2.75) is 36.9 Å². The maximum atomic E-state index is 12.9. The summed E-state index contributed by atoms with van der Waals surface area (Å²) in [5, 5.41) is 2.02. The quantitative estimate of drug-likeness (QED) is 0.791. The highest BCUT2D eigenvalue weighted by Gasteiger charge is 2.45. The third kappa shape index (κ3) is 3.02. The molecule has 1 aromatic carbocycles. The number of hydrogen-bond donors (Lipinski definition) is 1. The van der Waals surface area contributed by atoms with Crippen molar-refractivity contribution < 1.29 is 22.8 Å². The monoisotopic (exact) mass is 346 g/mol. The van der Waals surface area contributed by atoms with Crippen LogP contribution in [0, 0.1) is 5.92 Å². The number of anilines is 1. The molecule has 1 N–H and O–H groups in total. The van der Waals surface area contributed by atoms with Gasteiger partial charge in [-0.3, -0.25) is 15.0 Å². The van der Waals surface area contributed by atoms with Gasteiger partial charge in [0.1, 0.15) is 0 Å². The smallest absolute Gasteiger partial charge is 0.290 e. The number of imide groups is 1. The molecule has 2 fully saturated rings. The van der Waals surface area contributed by atoms with E-state index in [2.05, 4.69) is 5.32 Å². The molecule has 1 aliphatic heterocycles. The van der Waals surface area contributed by atoms with E-state index in [1.165, 1.54) is 17.0 Å². The van der Waals surface area contributed by atoms with Gasteiger partial charge in [-0.05, 0) is 37.5 Å². The normalized spacial score (nSPS) is 28.3. The lowest BCUT2D eigenvalue weighted by Gasteiger charge is -2.44. The fourth-order valence-corrected chi connectivity index (χ4v) is 3.55. The van der Waals surface area contributed by atoms with Gasteiger partial charge in [0, 0.05) is 11.1 Å². The third-order valence-electron chi connectivity index (χ3n) is 4.32. The largest absolute Gasteiger partial charge is 0.416 e. The summed E-state index contributed by atoms with van der Waals surface area (Å²) in [6.07, 6.45) is -2.98. The van der Waals surface area contributed by atoms with E-state index < -0.39 is 29.7 Å².